The molecule has 1 aromatic rings. The molecule has 0 bridgehead atoms. The lowest BCUT2D eigenvalue weighted by molar-refractivity contribution is -0.134. The third kappa shape index (κ3) is 3.77. The summed E-state index contributed by atoms with van der Waals surface area (Å²) in [5, 5.41) is 0. The number of halogens is 1. The van der Waals surface area contributed by atoms with Gasteiger partial charge in [0.25, 0.3) is 0 Å². The number of rotatable bonds is 4. The van der Waals surface area contributed by atoms with Gasteiger partial charge < -0.3 is 4.90 Å². The first-order valence-corrected chi connectivity index (χ1v) is 5.77. The van der Waals surface area contributed by atoms with Crippen molar-refractivity contribution in [3.63, 3.8) is 0 Å². The van der Waals surface area contributed by atoms with Gasteiger partial charge in [-0.15, -0.1) is 0 Å². The molecule has 86 valence electrons. The van der Waals surface area contributed by atoms with E-state index >= 15 is 0 Å². The summed E-state index contributed by atoms with van der Waals surface area (Å²) in [4.78, 5) is 23.9. The highest BCUT2D eigenvalue weighted by atomic mass is 79.9. The third-order valence-electron chi connectivity index (χ3n) is 2.19. The standard InChI is InChI=1S/C12H14BrNO2/c1-9(15)7-12(16)14(2)8-10-5-3-4-6-11(10)13/h3-6H,7-8H2,1-2H3. The maximum absolute atomic E-state index is 11.6. The Balaban J connectivity index is 2.64. The van der Waals surface area contributed by atoms with Crippen LogP contribution in [0.4, 0.5) is 0 Å². The minimum absolute atomic E-state index is 0.0268. The van der Waals surface area contributed by atoms with Crippen molar-refractivity contribution in [3.05, 3.63) is 34.3 Å². The van der Waals surface area contributed by atoms with E-state index in [0.717, 1.165) is 10.0 Å². The lowest BCUT2D eigenvalue weighted by Gasteiger charge is -2.17. The highest BCUT2D eigenvalue weighted by Crippen LogP contribution is 2.17. The van der Waals surface area contributed by atoms with Gasteiger partial charge in [0.05, 0.1) is 6.42 Å². The maximum atomic E-state index is 11.6. The van der Waals surface area contributed by atoms with E-state index in [1.54, 1.807) is 11.9 Å². The monoisotopic (exact) mass is 283 g/mol. The fourth-order valence-electron chi connectivity index (χ4n) is 1.32. The Morgan fingerprint density at radius 3 is 2.50 bits per heavy atom. The fraction of sp³-hybridized carbons (Fsp3) is 0.333. The zero-order valence-corrected chi connectivity index (χ0v) is 11.0. The van der Waals surface area contributed by atoms with Crippen LogP contribution in [-0.2, 0) is 16.1 Å². The summed E-state index contributed by atoms with van der Waals surface area (Å²) >= 11 is 3.42. The van der Waals surface area contributed by atoms with Crippen LogP contribution in [0.25, 0.3) is 0 Å². The molecular formula is C12H14BrNO2. The first kappa shape index (κ1) is 12.9. The Morgan fingerprint density at radius 2 is 1.94 bits per heavy atom. The Labute approximate surface area is 104 Å². The number of hydrogen-bond acceptors (Lipinski definition) is 2. The van der Waals surface area contributed by atoms with Crippen molar-refractivity contribution in [2.45, 2.75) is 19.9 Å². The molecule has 0 fully saturated rings. The highest BCUT2D eigenvalue weighted by molar-refractivity contribution is 9.10. The van der Waals surface area contributed by atoms with E-state index in [1.807, 2.05) is 24.3 Å². The predicted octanol–water partition coefficient (Wildman–Crippen LogP) is 2.39. The molecule has 0 saturated carbocycles. The van der Waals surface area contributed by atoms with E-state index in [1.165, 1.54) is 6.92 Å². The van der Waals surface area contributed by atoms with Crippen LogP contribution in [0.1, 0.15) is 18.9 Å². The van der Waals surface area contributed by atoms with Crippen LogP contribution in [0.3, 0.4) is 0 Å². The van der Waals surface area contributed by atoms with Crippen LogP contribution in [-0.4, -0.2) is 23.6 Å². The minimum atomic E-state index is -0.150. The molecule has 0 N–H and O–H groups in total. The summed E-state index contributed by atoms with van der Waals surface area (Å²) in [7, 11) is 1.70. The summed E-state index contributed by atoms with van der Waals surface area (Å²) in [6.45, 7) is 1.93. The van der Waals surface area contributed by atoms with E-state index in [9.17, 15) is 9.59 Å². The van der Waals surface area contributed by atoms with Gasteiger partial charge in [0.2, 0.25) is 5.91 Å². The molecule has 16 heavy (non-hydrogen) atoms. The van der Waals surface area contributed by atoms with Crippen molar-refractivity contribution in [2.24, 2.45) is 0 Å². The number of hydrogen-bond donors (Lipinski definition) is 0. The number of ketones is 1. The molecule has 0 unspecified atom stereocenters. The van der Waals surface area contributed by atoms with Crippen molar-refractivity contribution in [1.82, 2.24) is 4.90 Å². The number of amides is 1. The average Bonchev–Trinajstić information content (AvgIpc) is 2.20. The molecule has 0 aromatic heterocycles. The summed E-state index contributed by atoms with van der Waals surface area (Å²) in [6.07, 6.45) is -0.0268. The van der Waals surface area contributed by atoms with Gasteiger partial charge in [-0.2, -0.15) is 0 Å². The molecule has 0 aliphatic carbocycles. The molecule has 0 aliphatic rings. The topological polar surface area (TPSA) is 37.4 Å². The van der Waals surface area contributed by atoms with Crippen molar-refractivity contribution in [2.75, 3.05) is 7.05 Å². The van der Waals surface area contributed by atoms with E-state index in [0.29, 0.717) is 6.54 Å². The van der Waals surface area contributed by atoms with Gasteiger partial charge in [-0.05, 0) is 18.6 Å². The molecule has 1 rings (SSSR count). The molecule has 1 amide bonds. The first-order valence-electron chi connectivity index (χ1n) is 4.97. The van der Waals surface area contributed by atoms with Crippen LogP contribution in [0.2, 0.25) is 0 Å². The zero-order valence-electron chi connectivity index (χ0n) is 9.37. The molecule has 0 radical (unpaired) electrons. The Hall–Kier alpha value is -1.16. The number of carbonyl (C=O) groups excluding carboxylic acids is 2. The number of benzene rings is 1. The normalized spacial score (nSPS) is 9.94. The Bertz CT molecular complexity index is 404. The first-order chi connectivity index (χ1) is 7.50. The van der Waals surface area contributed by atoms with Gasteiger partial charge in [-0.25, -0.2) is 0 Å². The Kier molecular flexibility index (Phi) is 4.68. The third-order valence-corrected chi connectivity index (χ3v) is 2.96. The highest BCUT2D eigenvalue weighted by Gasteiger charge is 2.12. The number of nitrogens with zero attached hydrogens (tertiary/aromatic N) is 1. The number of carbonyl (C=O) groups is 2. The maximum Gasteiger partial charge on any atom is 0.230 e. The quantitative estimate of drug-likeness (QED) is 0.796. The van der Waals surface area contributed by atoms with Crippen LogP contribution in [0.5, 0.6) is 0 Å². The van der Waals surface area contributed by atoms with Gasteiger partial charge in [0, 0.05) is 18.1 Å². The second-order valence-electron chi connectivity index (χ2n) is 3.72. The van der Waals surface area contributed by atoms with Crippen LogP contribution >= 0.6 is 15.9 Å². The van der Waals surface area contributed by atoms with Gasteiger partial charge in [0.1, 0.15) is 5.78 Å². The van der Waals surface area contributed by atoms with Gasteiger partial charge in [-0.1, -0.05) is 34.1 Å². The molecule has 0 saturated heterocycles. The number of Topliss-reactive ketones (excluding diaryl/α,β-unsaturated/α-hetero) is 1. The van der Waals surface area contributed by atoms with Gasteiger partial charge in [-0.3, -0.25) is 9.59 Å². The molecule has 0 spiro atoms. The van der Waals surface area contributed by atoms with Crippen LogP contribution < -0.4 is 0 Å². The van der Waals surface area contributed by atoms with E-state index < -0.39 is 0 Å². The molecule has 0 heterocycles. The van der Waals surface area contributed by atoms with E-state index in [-0.39, 0.29) is 18.1 Å². The molecule has 0 aliphatic heterocycles. The van der Waals surface area contributed by atoms with Gasteiger partial charge >= 0.3 is 0 Å². The SMILES string of the molecule is CC(=O)CC(=O)N(C)Cc1ccccc1Br. The zero-order chi connectivity index (χ0) is 12.1. The molecule has 4 heteroatoms. The van der Waals surface area contributed by atoms with Crippen molar-refractivity contribution >= 4 is 27.6 Å². The molecule has 0 atom stereocenters. The smallest absolute Gasteiger partial charge is 0.230 e. The lowest BCUT2D eigenvalue weighted by Crippen LogP contribution is -2.27. The van der Waals surface area contributed by atoms with Crippen molar-refractivity contribution in [3.8, 4) is 0 Å². The second kappa shape index (κ2) is 5.80. The Morgan fingerprint density at radius 1 is 1.31 bits per heavy atom. The van der Waals surface area contributed by atoms with E-state index in [2.05, 4.69) is 15.9 Å². The minimum Gasteiger partial charge on any atom is -0.341 e. The van der Waals surface area contributed by atoms with Crippen molar-refractivity contribution in [1.29, 1.82) is 0 Å². The molecular weight excluding hydrogens is 270 g/mol. The van der Waals surface area contributed by atoms with Crippen molar-refractivity contribution < 1.29 is 9.59 Å². The fourth-order valence-corrected chi connectivity index (χ4v) is 1.73. The summed E-state index contributed by atoms with van der Waals surface area (Å²) in [5.74, 6) is -0.257. The largest absolute Gasteiger partial charge is 0.341 e. The van der Waals surface area contributed by atoms with Gasteiger partial charge in [0.15, 0.2) is 0 Å². The van der Waals surface area contributed by atoms with Crippen LogP contribution in [0, 0.1) is 0 Å². The summed E-state index contributed by atoms with van der Waals surface area (Å²) in [5.41, 5.74) is 1.03. The average molecular weight is 284 g/mol. The molecule has 1 aromatic carbocycles. The lowest BCUT2D eigenvalue weighted by atomic mass is 10.2. The second-order valence-corrected chi connectivity index (χ2v) is 4.57. The summed E-state index contributed by atoms with van der Waals surface area (Å²) < 4.78 is 0.970. The predicted molar refractivity (Wildman–Crippen MR) is 65.9 cm³/mol. The molecule has 3 nitrogen and oxygen atoms in total. The van der Waals surface area contributed by atoms with Crippen LogP contribution in [0.15, 0.2) is 28.7 Å². The van der Waals surface area contributed by atoms with E-state index in [4.69, 9.17) is 0 Å². The summed E-state index contributed by atoms with van der Waals surface area (Å²) in [6, 6.07) is 7.72.